The summed E-state index contributed by atoms with van der Waals surface area (Å²) >= 11 is 0. The minimum atomic E-state index is -4.72. The second-order valence-corrected chi connectivity index (χ2v) is 4.16. The largest absolute Gasteiger partial charge is 0.395 e. The van der Waals surface area contributed by atoms with Crippen LogP contribution in [-0.2, 0) is 10.3 Å². The SMILES string of the molecule is O=S(=O)(O)N(C(CO)CO)C(CO)CO. The lowest BCUT2D eigenvalue weighted by molar-refractivity contribution is 0.0493. The van der Waals surface area contributed by atoms with Gasteiger partial charge >= 0.3 is 10.3 Å². The van der Waals surface area contributed by atoms with Crippen LogP contribution in [0.1, 0.15) is 0 Å². The topological polar surface area (TPSA) is 139 Å². The van der Waals surface area contributed by atoms with Crippen molar-refractivity contribution in [2.75, 3.05) is 26.4 Å². The van der Waals surface area contributed by atoms with Crippen LogP contribution >= 0.6 is 0 Å². The zero-order valence-electron chi connectivity index (χ0n) is 7.89. The fourth-order valence-corrected chi connectivity index (χ4v) is 2.13. The van der Waals surface area contributed by atoms with E-state index in [1.54, 1.807) is 0 Å². The van der Waals surface area contributed by atoms with E-state index >= 15 is 0 Å². The molecule has 0 amide bonds. The smallest absolute Gasteiger partial charge is 0.336 e. The molecule has 0 rings (SSSR count). The summed E-state index contributed by atoms with van der Waals surface area (Å²) in [7, 11) is -4.72. The Kier molecular flexibility index (Phi) is 6.20. The molecule has 0 spiro atoms. The van der Waals surface area contributed by atoms with Crippen LogP contribution in [0.4, 0.5) is 0 Å². The summed E-state index contributed by atoms with van der Waals surface area (Å²) in [6, 6.07) is -2.60. The van der Waals surface area contributed by atoms with Gasteiger partial charge in [0, 0.05) is 0 Å². The summed E-state index contributed by atoms with van der Waals surface area (Å²) in [5.74, 6) is 0. The number of hydrogen-bond donors (Lipinski definition) is 5. The Labute approximate surface area is 87.3 Å². The highest BCUT2D eigenvalue weighted by Gasteiger charge is 2.34. The van der Waals surface area contributed by atoms with E-state index in [0.717, 1.165) is 0 Å². The average Bonchev–Trinajstić information content (AvgIpc) is 2.17. The van der Waals surface area contributed by atoms with Crippen molar-refractivity contribution < 1.29 is 33.4 Å². The molecular weight excluding hydrogens is 230 g/mol. The fraction of sp³-hybridized carbons (Fsp3) is 1.00. The monoisotopic (exact) mass is 245 g/mol. The van der Waals surface area contributed by atoms with Gasteiger partial charge in [0.2, 0.25) is 0 Å². The predicted octanol–water partition coefficient (Wildman–Crippen LogP) is -3.20. The Hall–Kier alpha value is -0.290. The molecule has 0 aliphatic rings. The average molecular weight is 245 g/mol. The summed E-state index contributed by atoms with van der Waals surface area (Å²) in [6.07, 6.45) is 0. The summed E-state index contributed by atoms with van der Waals surface area (Å²) in [4.78, 5) is 0. The third kappa shape index (κ3) is 3.99. The first-order chi connectivity index (χ1) is 6.92. The van der Waals surface area contributed by atoms with E-state index in [4.69, 9.17) is 25.0 Å². The number of rotatable bonds is 7. The van der Waals surface area contributed by atoms with Gasteiger partial charge in [0.05, 0.1) is 38.5 Å². The van der Waals surface area contributed by atoms with Crippen molar-refractivity contribution in [1.82, 2.24) is 4.31 Å². The van der Waals surface area contributed by atoms with Crippen molar-refractivity contribution in [3.8, 4) is 0 Å². The highest BCUT2D eigenvalue weighted by atomic mass is 32.2. The Balaban J connectivity index is 5.03. The Morgan fingerprint density at radius 3 is 1.27 bits per heavy atom. The molecule has 0 aliphatic heterocycles. The highest BCUT2D eigenvalue weighted by molar-refractivity contribution is 7.83. The van der Waals surface area contributed by atoms with Crippen molar-refractivity contribution in [3.63, 3.8) is 0 Å². The van der Waals surface area contributed by atoms with Crippen LogP contribution < -0.4 is 0 Å². The third-order valence-corrected chi connectivity index (χ3v) is 2.96. The molecule has 0 aromatic heterocycles. The first-order valence-electron chi connectivity index (χ1n) is 4.11. The van der Waals surface area contributed by atoms with Crippen LogP contribution in [0.25, 0.3) is 0 Å². The summed E-state index contributed by atoms with van der Waals surface area (Å²) < 4.78 is 30.8. The second kappa shape index (κ2) is 6.33. The molecule has 0 bridgehead atoms. The van der Waals surface area contributed by atoms with E-state index in [1.807, 2.05) is 0 Å². The number of hydrogen-bond acceptors (Lipinski definition) is 6. The zero-order valence-corrected chi connectivity index (χ0v) is 8.71. The maximum atomic E-state index is 10.9. The van der Waals surface area contributed by atoms with Crippen LogP contribution in [0, 0.1) is 0 Å². The lowest BCUT2D eigenvalue weighted by Gasteiger charge is -2.30. The Bertz CT molecular complexity index is 247. The first-order valence-corrected chi connectivity index (χ1v) is 5.51. The van der Waals surface area contributed by atoms with E-state index in [1.165, 1.54) is 0 Å². The van der Waals surface area contributed by atoms with Crippen molar-refractivity contribution in [1.29, 1.82) is 0 Å². The fourth-order valence-electron chi connectivity index (χ4n) is 1.11. The Morgan fingerprint density at radius 2 is 1.13 bits per heavy atom. The molecule has 8 nitrogen and oxygen atoms in total. The molecule has 0 radical (unpaired) electrons. The van der Waals surface area contributed by atoms with Crippen molar-refractivity contribution in [2.45, 2.75) is 12.1 Å². The van der Waals surface area contributed by atoms with Gasteiger partial charge in [-0.25, -0.2) is 0 Å². The van der Waals surface area contributed by atoms with E-state index < -0.39 is 48.8 Å². The first kappa shape index (κ1) is 14.7. The van der Waals surface area contributed by atoms with Gasteiger partial charge in [0.15, 0.2) is 0 Å². The minimum absolute atomic E-state index is 0.271. The molecule has 0 atom stereocenters. The van der Waals surface area contributed by atoms with E-state index in [9.17, 15) is 8.42 Å². The molecule has 5 N–H and O–H groups in total. The van der Waals surface area contributed by atoms with Crippen LogP contribution in [-0.4, -0.2) is 76.2 Å². The highest BCUT2D eigenvalue weighted by Crippen LogP contribution is 2.10. The van der Waals surface area contributed by atoms with Crippen LogP contribution in [0.5, 0.6) is 0 Å². The molecule has 0 aromatic rings. The maximum Gasteiger partial charge on any atom is 0.336 e. The second-order valence-electron chi connectivity index (χ2n) is 2.85. The van der Waals surface area contributed by atoms with Gasteiger partial charge in [-0.3, -0.25) is 4.55 Å². The van der Waals surface area contributed by atoms with Gasteiger partial charge < -0.3 is 20.4 Å². The maximum absolute atomic E-state index is 10.9. The molecular formula is C6H15NO7S. The molecule has 0 saturated heterocycles. The normalized spacial score (nSPS) is 13.1. The van der Waals surface area contributed by atoms with Gasteiger partial charge in [-0.2, -0.15) is 12.7 Å². The molecule has 0 aliphatic carbocycles. The molecule has 0 aromatic carbocycles. The van der Waals surface area contributed by atoms with E-state index in [0.29, 0.717) is 0 Å². The van der Waals surface area contributed by atoms with Crippen molar-refractivity contribution in [2.24, 2.45) is 0 Å². The van der Waals surface area contributed by atoms with Crippen LogP contribution in [0.15, 0.2) is 0 Å². The molecule has 0 saturated carbocycles. The van der Waals surface area contributed by atoms with Crippen molar-refractivity contribution in [3.05, 3.63) is 0 Å². The lowest BCUT2D eigenvalue weighted by atomic mass is 10.2. The van der Waals surface area contributed by atoms with Gasteiger partial charge in [-0.15, -0.1) is 0 Å². The van der Waals surface area contributed by atoms with E-state index in [2.05, 4.69) is 0 Å². The molecule has 9 heteroatoms. The van der Waals surface area contributed by atoms with Gasteiger partial charge in [-0.1, -0.05) is 0 Å². The quantitative estimate of drug-likeness (QED) is 0.298. The lowest BCUT2D eigenvalue weighted by Crippen LogP contribution is -2.53. The number of aliphatic hydroxyl groups is 4. The van der Waals surface area contributed by atoms with Gasteiger partial charge in [0.1, 0.15) is 0 Å². The number of nitrogens with zero attached hydrogens (tertiary/aromatic N) is 1. The Morgan fingerprint density at radius 1 is 0.867 bits per heavy atom. The van der Waals surface area contributed by atoms with Gasteiger partial charge in [0.25, 0.3) is 0 Å². The minimum Gasteiger partial charge on any atom is -0.395 e. The van der Waals surface area contributed by atoms with Gasteiger partial charge in [-0.05, 0) is 0 Å². The van der Waals surface area contributed by atoms with Crippen LogP contribution in [0.2, 0.25) is 0 Å². The molecule has 92 valence electrons. The standard InChI is InChI=1S/C6H15NO7S/c8-1-5(2-9)7(15(12,13)14)6(3-10)4-11/h5-6,8-11H,1-4H2,(H,12,13,14). The number of aliphatic hydroxyl groups excluding tert-OH is 4. The molecule has 0 unspecified atom stereocenters. The molecule has 15 heavy (non-hydrogen) atoms. The zero-order chi connectivity index (χ0) is 12.1. The summed E-state index contributed by atoms with van der Waals surface area (Å²) in [5, 5.41) is 35.0. The molecule has 0 heterocycles. The van der Waals surface area contributed by atoms with Crippen molar-refractivity contribution >= 4 is 10.3 Å². The summed E-state index contributed by atoms with van der Waals surface area (Å²) in [6.45, 7) is -2.97. The predicted molar refractivity (Wildman–Crippen MR) is 49.3 cm³/mol. The van der Waals surface area contributed by atoms with Crippen LogP contribution in [0.3, 0.4) is 0 Å². The third-order valence-electron chi connectivity index (χ3n) is 1.83. The van der Waals surface area contributed by atoms with E-state index in [-0.39, 0.29) is 4.31 Å². The summed E-state index contributed by atoms with van der Waals surface area (Å²) in [5.41, 5.74) is 0. The molecule has 0 fully saturated rings.